The van der Waals surface area contributed by atoms with Gasteiger partial charge in [0.1, 0.15) is 5.56 Å². The molecule has 1 aromatic carbocycles. The number of nitro groups is 1. The third-order valence-electron chi connectivity index (χ3n) is 4.95. The fourth-order valence-corrected chi connectivity index (χ4v) is 3.48. The molecule has 9 heteroatoms. The van der Waals surface area contributed by atoms with Crippen LogP contribution >= 0.6 is 0 Å². The molecule has 0 atom stereocenters. The topological polar surface area (TPSA) is 130 Å². The van der Waals surface area contributed by atoms with Crippen molar-refractivity contribution >= 4 is 17.4 Å². The highest BCUT2D eigenvalue weighted by Gasteiger charge is 2.22. The minimum atomic E-state index is -1.09. The summed E-state index contributed by atoms with van der Waals surface area (Å²) in [7, 11) is 0. The predicted molar refractivity (Wildman–Crippen MR) is 110 cm³/mol. The molecule has 3 rings (SSSR count). The second-order valence-electron chi connectivity index (χ2n) is 7.00. The maximum Gasteiger partial charge on any atom is 0.286 e. The van der Waals surface area contributed by atoms with Crippen molar-refractivity contribution in [3.63, 3.8) is 0 Å². The van der Waals surface area contributed by atoms with Gasteiger partial charge in [0.25, 0.3) is 17.2 Å². The summed E-state index contributed by atoms with van der Waals surface area (Å²) in [5.74, 6) is -1.51. The van der Waals surface area contributed by atoms with Gasteiger partial charge in [-0.2, -0.15) is 0 Å². The summed E-state index contributed by atoms with van der Waals surface area (Å²) < 4.78 is 2.79. The highest BCUT2D eigenvalue weighted by atomic mass is 16.6. The number of hydrogen-bond acceptors (Lipinski definition) is 5. The lowest BCUT2D eigenvalue weighted by molar-refractivity contribution is -0.385. The van der Waals surface area contributed by atoms with Crippen LogP contribution in [0.3, 0.4) is 0 Å². The van der Waals surface area contributed by atoms with Gasteiger partial charge in [-0.15, -0.1) is 0 Å². The predicted octanol–water partition coefficient (Wildman–Crippen LogP) is 2.45. The summed E-state index contributed by atoms with van der Waals surface area (Å²) in [5.41, 5.74) is 7.11. The quantitative estimate of drug-likeness (QED) is 0.380. The minimum absolute atomic E-state index is 0.384. The molecule has 0 bridgehead atoms. The number of hydrogen-bond donors (Lipinski definition) is 1. The lowest BCUT2D eigenvalue weighted by atomic mass is 10.1. The number of primary amides is 1. The van der Waals surface area contributed by atoms with Crippen LogP contribution in [0.4, 0.5) is 5.69 Å². The first-order valence-corrected chi connectivity index (χ1v) is 9.08. The molecule has 2 heterocycles. The molecule has 0 aliphatic carbocycles. The number of aryl methyl sites for hydroxylation is 2. The molecule has 0 saturated carbocycles. The summed E-state index contributed by atoms with van der Waals surface area (Å²) in [4.78, 5) is 47.3. The molecular formula is C21H20N4O5. The zero-order valence-electron chi connectivity index (χ0n) is 16.7. The SMILES string of the molecule is Cc1ccccc1-n1c(C)cc(C(=O)Cn2cc([N+](=O)[O-])cc(C(N)=O)c2=O)c1C. The van der Waals surface area contributed by atoms with Gasteiger partial charge < -0.3 is 14.9 Å². The number of benzene rings is 1. The minimum Gasteiger partial charge on any atom is -0.365 e. The van der Waals surface area contributed by atoms with Crippen LogP contribution in [0.25, 0.3) is 5.69 Å². The molecule has 3 aromatic rings. The Hall–Kier alpha value is -4.01. The van der Waals surface area contributed by atoms with Gasteiger partial charge in [0, 0.05) is 28.7 Å². The van der Waals surface area contributed by atoms with Crippen molar-refractivity contribution in [3.05, 3.63) is 91.1 Å². The van der Waals surface area contributed by atoms with Crippen LogP contribution in [0, 0.1) is 30.9 Å². The molecule has 9 nitrogen and oxygen atoms in total. The first kappa shape index (κ1) is 20.7. The van der Waals surface area contributed by atoms with Gasteiger partial charge in [0.15, 0.2) is 5.78 Å². The molecule has 0 spiro atoms. The van der Waals surface area contributed by atoms with Crippen LogP contribution in [0.15, 0.2) is 47.4 Å². The number of ketones is 1. The summed E-state index contributed by atoms with van der Waals surface area (Å²) >= 11 is 0. The van der Waals surface area contributed by atoms with Crippen LogP contribution in [-0.4, -0.2) is 25.7 Å². The third kappa shape index (κ3) is 3.64. The van der Waals surface area contributed by atoms with Crippen LogP contribution in [0.1, 0.15) is 37.7 Å². The van der Waals surface area contributed by atoms with E-state index >= 15 is 0 Å². The maximum atomic E-state index is 13.0. The smallest absolute Gasteiger partial charge is 0.286 e. The summed E-state index contributed by atoms with van der Waals surface area (Å²) in [6.07, 6.45) is 0.938. The first-order valence-electron chi connectivity index (χ1n) is 9.08. The number of para-hydroxylation sites is 1. The second-order valence-corrected chi connectivity index (χ2v) is 7.00. The Morgan fingerprint density at radius 3 is 2.37 bits per heavy atom. The van der Waals surface area contributed by atoms with Crippen molar-refractivity contribution in [1.29, 1.82) is 0 Å². The van der Waals surface area contributed by atoms with Crippen LogP contribution in [-0.2, 0) is 6.54 Å². The van der Waals surface area contributed by atoms with Gasteiger partial charge in [-0.1, -0.05) is 18.2 Å². The number of Topliss-reactive ketones (excluding diaryl/α,β-unsaturated/α-hetero) is 1. The molecule has 2 aromatic heterocycles. The number of carbonyl (C=O) groups excluding carboxylic acids is 2. The Kier molecular flexibility index (Phi) is 5.37. The molecule has 0 aliphatic heterocycles. The molecule has 0 unspecified atom stereocenters. The van der Waals surface area contributed by atoms with Gasteiger partial charge in [-0.25, -0.2) is 0 Å². The first-order chi connectivity index (χ1) is 14.1. The highest BCUT2D eigenvalue weighted by molar-refractivity contribution is 5.98. The number of amides is 1. The molecular weight excluding hydrogens is 388 g/mol. The molecule has 154 valence electrons. The van der Waals surface area contributed by atoms with E-state index in [-0.39, 0.29) is 0 Å². The molecule has 0 aliphatic rings. The lowest BCUT2D eigenvalue weighted by Gasteiger charge is -2.13. The van der Waals surface area contributed by atoms with E-state index in [1.54, 1.807) is 13.0 Å². The molecule has 0 saturated heterocycles. The second kappa shape index (κ2) is 7.78. The number of nitrogens with two attached hydrogens (primary N) is 1. The van der Waals surface area contributed by atoms with E-state index in [1.165, 1.54) is 0 Å². The van der Waals surface area contributed by atoms with Crippen LogP contribution in [0.2, 0.25) is 0 Å². The number of pyridine rings is 1. The number of nitrogens with zero attached hydrogens (tertiary/aromatic N) is 3. The van der Waals surface area contributed by atoms with Gasteiger partial charge >= 0.3 is 0 Å². The van der Waals surface area contributed by atoms with E-state index in [1.807, 2.05) is 42.7 Å². The zero-order valence-corrected chi connectivity index (χ0v) is 16.7. The van der Waals surface area contributed by atoms with Gasteiger partial charge in [0.05, 0.1) is 17.7 Å². The summed E-state index contributed by atoms with van der Waals surface area (Å²) in [6, 6.07) is 10.2. The van der Waals surface area contributed by atoms with Crippen molar-refractivity contribution in [2.45, 2.75) is 27.3 Å². The zero-order chi connectivity index (χ0) is 22.2. The lowest BCUT2D eigenvalue weighted by Crippen LogP contribution is -2.31. The summed E-state index contributed by atoms with van der Waals surface area (Å²) in [5, 5.41) is 11.1. The van der Waals surface area contributed by atoms with Gasteiger partial charge in [0.2, 0.25) is 0 Å². The Morgan fingerprint density at radius 2 is 1.77 bits per heavy atom. The molecule has 0 fully saturated rings. The van der Waals surface area contributed by atoms with E-state index in [0.29, 0.717) is 11.3 Å². The average Bonchev–Trinajstić information content (AvgIpc) is 2.97. The van der Waals surface area contributed by atoms with Crippen molar-refractivity contribution in [3.8, 4) is 5.69 Å². The monoisotopic (exact) mass is 408 g/mol. The number of rotatable bonds is 6. The summed E-state index contributed by atoms with van der Waals surface area (Å²) in [6.45, 7) is 5.15. The maximum absolute atomic E-state index is 13.0. The Labute approximate surface area is 171 Å². The Balaban J connectivity index is 2.05. The van der Waals surface area contributed by atoms with E-state index < -0.39 is 40.0 Å². The fraction of sp³-hybridized carbons (Fsp3) is 0.190. The fourth-order valence-electron chi connectivity index (χ4n) is 3.48. The van der Waals surface area contributed by atoms with E-state index in [9.17, 15) is 24.5 Å². The van der Waals surface area contributed by atoms with Crippen LogP contribution in [0.5, 0.6) is 0 Å². The van der Waals surface area contributed by atoms with Crippen molar-refractivity contribution < 1.29 is 14.5 Å². The van der Waals surface area contributed by atoms with E-state index in [2.05, 4.69) is 0 Å². The molecule has 0 radical (unpaired) electrons. The largest absolute Gasteiger partial charge is 0.365 e. The van der Waals surface area contributed by atoms with E-state index in [4.69, 9.17) is 5.73 Å². The van der Waals surface area contributed by atoms with Crippen molar-refractivity contribution in [1.82, 2.24) is 9.13 Å². The third-order valence-corrected chi connectivity index (χ3v) is 4.95. The van der Waals surface area contributed by atoms with Crippen LogP contribution < -0.4 is 11.3 Å². The normalized spacial score (nSPS) is 10.8. The average molecular weight is 408 g/mol. The number of carbonyl (C=O) groups is 2. The van der Waals surface area contributed by atoms with Crippen molar-refractivity contribution in [2.75, 3.05) is 0 Å². The molecule has 30 heavy (non-hydrogen) atoms. The Bertz CT molecular complexity index is 1250. The number of aromatic nitrogens is 2. The van der Waals surface area contributed by atoms with Gasteiger partial charge in [-0.05, 0) is 38.5 Å². The highest BCUT2D eigenvalue weighted by Crippen LogP contribution is 2.24. The van der Waals surface area contributed by atoms with Crippen molar-refractivity contribution in [2.24, 2.45) is 5.73 Å². The van der Waals surface area contributed by atoms with Gasteiger partial charge in [-0.3, -0.25) is 24.5 Å². The Morgan fingerprint density at radius 1 is 1.10 bits per heavy atom. The molecule has 1 amide bonds. The standard InChI is InChI=1S/C21H20N4O5/c1-12-6-4-5-7-18(12)24-13(2)8-16(14(24)3)19(26)11-23-10-15(25(29)30)9-17(20(22)27)21(23)28/h4-10H,11H2,1-3H3,(H2,22,27). The van der Waals surface area contributed by atoms with E-state index in [0.717, 1.165) is 33.8 Å². The molecule has 2 N–H and O–H groups in total.